The molecule has 0 bridgehead atoms. The van der Waals surface area contributed by atoms with Gasteiger partial charge in [0.2, 0.25) is 0 Å². The predicted molar refractivity (Wildman–Crippen MR) is 63.9 cm³/mol. The van der Waals surface area contributed by atoms with Crippen molar-refractivity contribution < 1.29 is 0 Å². The van der Waals surface area contributed by atoms with Crippen molar-refractivity contribution in [1.82, 2.24) is 14.8 Å². The van der Waals surface area contributed by atoms with E-state index in [0.29, 0.717) is 5.82 Å². The minimum Gasteiger partial charge on any atom is -0.383 e. The summed E-state index contributed by atoms with van der Waals surface area (Å²) in [5.74, 6) is 0.646. The number of anilines is 1. The maximum atomic E-state index is 5.78. The lowest BCUT2D eigenvalue weighted by molar-refractivity contribution is 0.682. The summed E-state index contributed by atoms with van der Waals surface area (Å²) in [6, 6.07) is 6.01. The second-order valence-electron chi connectivity index (χ2n) is 3.85. The Morgan fingerprint density at radius 3 is 2.81 bits per heavy atom. The van der Waals surface area contributed by atoms with Crippen molar-refractivity contribution in [3.63, 3.8) is 0 Å². The standard InChI is InChI=1S/C12H16N4/c1-16-11(7-9-15-16)6-2-4-10-5-3-8-14-12(10)13/h3,5,7-9H,2,4,6H2,1H3,(H2,13,14). The fourth-order valence-corrected chi connectivity index (χ4v) is 1.77. The molecule has 0 aliphatic rings. The van der Waals surface area contributed by atoms with Crippen molar-refractivity contribution in [3.8, 4) is 0 Å². The molecule has 4 heteroatoms. The lowest BCUT2D eigenvalue weighted by atomic mass is 10.1. The second-order valence-corrected chi connectivity index (χ2v) is 3.85. The first-order valence-electron chi connectivity index (χ1n) is 5.43. The molecule has 0 radical (unpaired) electrons. The molecule has 2 aromatic rings. The van der Waals surface area contributed by atoms with Gasteiger partial charge in [0, 0.05) is 25.1 Å². The Hall–Kier alpha value is -1.84. The van der Waals surface area contributed by atoms with E-state index in [9.17, 15) is 0 Å². The van der Waals surface area contributed by atoms with Crippen molar-refractivity contribution in [2.24, 2.45) is 7.05 Å². The molecule has 16 heavy (non-hydrogen) atoms. The molecule has 0 unspecified atom stereocenters. The van der Waals surface area contributed by atoms with Crippen molar-refractivity contribution in [1.29, 1.82) is 0 Å². The van der Waals surface area contributed by atoms with E-state index in [4.69, 9.17) is 5.73 Å². The summed E-state index contributed by atoms with van der Waals surface area (Å²) in [4.78, 5) is 4.07. The number of nitrogens with two attached hydrogens (primary N) is 1. The lowest BCUT2D eigenvalue weighted by Crippen LogP contribution is -2.01. The number of aromatic nitrogens is 3. The molecule has 4 nitrogen and oxygen atoms in total. The Balaban J connectivity index is 1.89. The van der Waals surface area contributed by atoms with E-state index in [1.807, 2.05) is 36.1 Å². The number of nitrogens with zero attached hydrogens (tertiary/aromatic N) is 3. The molecule has 0 saturated heterocycles. The van der Waals surface area contributed by atoms with Gasteiger partial charge < -0.3 is 5.73 Å². The summed E-state index contributed by atoms with van der Waals surface area (Å²) in [5, 5.41) is 4.14. The Morgan fingerprint density at radius 2 is 2.12 bits per heavy atom. The third-order valence-electron chi connectivity index (χ3n) is 2.73. The first kappa shape index (κ1) is 10.7. The van der Waals surface area contributed by atoms with Gasteiger partial charge >= 0.3 is 0 Å². The van der Waals surface area contributed by atoms with Crippen LogP contribution in [0, 0.1) is 0 Å². The number of hydrogen-bond donors (Lipinski definition) is 1. The van der Waals surface area contributed by atoms with Gasteiger partial charge in [-0.05, 0) is 37.0 Å². The Morgan fingerprint density at radius 1 is 1.25 bits per heavy atom. The van der Waals surface area contributed by atoms with Gasteiger partial charge in [-0.1, -0.05) is 6.07 Å². The predicted octanol–water partition coefficient (Wildman–Crippen LogP) is 1.57. The maximum Gasteiger partial charge on any atom is 0.126 e. The van der Waals surface area contributed by atoms with Crippen LogP contribution >= 0.6 is 0 Å². The Bertz CT molecular complexity index is 462. The van der Waals surface area contributed by atoms with Gasteiger partial charge in [0.15, 0.2) is 0 Å². The monoisotopic (exact) mass is 216 g/mol. The molecule has 0 aliphatic carbocycles. The zero-order chi connectivity index (χ0) is 11.4. The molecular weight excluding hydrogens is 200 g/mol. The highest BCUT2D eigenvalue weighted by Crippen LogP contribution is 2.11. The topological polar surface area (TPSA) is 56.7 Å². The zero-order valence-corrected chi connectivity index (χ0v) is 9.43. The van der Waals surface area contributed by atoms with Crippen LogP contribution in [0.15, 0.2) is 30.6 Å². The van der Waals surface area contributed by atoms with Crippen LogP contribution in [0.3, 0.4) is 0 Å². The quantitative estimate of drug-likeness (QED) is 0.844. The van der Waals surface area contributed by atoms with Crippen molar-refractivity contribution in [2.45, 2.75) is 19.3 Å². The van der Waals surface area contributed by atoms with Gasteiger partial charge in [0.05, 0.1) is 0 Å². The molecule has 84 valence electrons. The normalized spacial score (nSPS) is 10.6. The van der Waals surface area contributed by atoms with Crippen LogP contribution in [0.5, 0.6) is 0 Å². The molecule has 2 aromatic heterocycles. The van der Waals surface area contributed by atoms with Crippen molar-refractivity contribution in [3.05, 3.63) is 41.9 Å². The number of pyridine rings is 1. The van der Waals surface area contributed by atoms with Crippen LogP contribution in [-0.2, 0) is 19.9 Å². The van der Waals surface area contributed by atoms with E-state index in [1.165, 1.54) is 5.69 Å². The number of rotatable bonds is 4. The van der Waals surface area contributed by atoms with Gasteiger partial charge in [-0.25, -0.2) is 4.98 Å². The van der Waals surface area contributed by atoms with E-state index in [1.54, 1.807) is 6.20 Å². The average molecular weight is 216 g/mol. The van der Waals surface area contributed by atoms with Crippen molar-refractivity contribution >= 4 is 5.82 Å². The molecule has 0 amide bonds. The molecule has 0 aliphatic heterocycles. The molecule has 2 heterocycles. The van der Waals surface area contributed by atoms with Gasteiger partial charge in [-0.3, -0.25) is 4.68 Å². The molecule has 2 rings (SSSR count). The van der Waals surface area contributed by atoms with Crippen molar-refractivity contribution in [2.75, 3.05) is 5.73 Å². The summed E-state index contributed by atoms with van der Waals surface area (Å²) < 4.78 is 1.91. The van der Waals surface area contributed by atoms with Crippen LogP contribution in [0.25, 0.3) is 0 Å². The van der Waals surface area contributed by atoms with E-state index in [0.717, 1.165) is 24.8 Å². The van der Waals surface area contributed by atoms with Crippen LogP contribution in [0.2, 0.25) is 0 Å². The third-order valence-corrected chi connectivity index (χ3v) is 2.73. The third kappa shape index (κ3) is 2.39. The SMILES string of the molecule is Cn1nccc1CCCc1cccnc1N. The number of aryl methyl sites for hydroxylation is 3. The molecular formula is C12H16N4. The molecule has 0 aromatic carbocycles. The fourth-order valence-electron chi connectivity index (χ4n) is 1.77. The molecule has 0 spiro atoms. The van der Waals surface area contributed by atoms with E-state index in [-0.39, 0.29) is 0 Å². The molecule has 2 N–H and O–H groups in total. The van der Waals surface area contributed by atoms with Crippen LogP contribution < -0.4 is 5.73 Å². The number of nitrogen functional groups attached to an aromatic ring is 1. The zero-order valence-electron chi connectivity index (χ0n) is 9.43. The number of hydrogen-bond acceptors (Lipinski definition) is 3. The lowest BCUT2D eigenvalue weighted by Gasteiger charge is -2.04. The summed E-state index contributed by atoms with van der Waals surface area (Å²) in [7, 11) is 1.97. The Kier molecular flexibility index (Phi) is 3.19. The Labute approximate surface area is 95.1 Å². The average Bonchev–Trinajstić information content (AvgIpc) is 2.67. The van der Waals surface area contributed by atoms with E-state index >= 15 is 0 Å². The van der Waals surface area contributed by atoms with Crippen LogP contribution in [0.4, 0.5) is 5.82 Å². The van der Waals surface area contributed by atoms with E-state index in [2.05, 4.69) is 10.1 Å². The highest BCUT2D eigenvalue weighted by molar-refractivity contribution is 5.38. The fraction of sp³-hybridized carbons (Fsp3) is 0.333. The summed E-state index contributed by atoms with van der Waals surface area (Å²) in [6.45, 7) is 0. The van der Waals surface area contributed by atoms with E-state index < -0.39 is 0 Å². The highest BCUT2D eigenvalue weighted by atomic mass is 15.2. The molecule has 0 atom stereocenters. The second kappa shape index (κ2) is 4.79. The van der Waals surface area contributed by atoms with Gasteiger partial charge in [0.25, 0.3) is 0 Å². The summed E-state index contributed by atoms with van der Waals surface area (Å²) >= 11 is 0. The largest absolute Gasteiger partial charge is 0.383 e. The first-order chi connectivity index (χ1) is 7.77. The maximum absolute atomic E-state index is 5.78. The minimum absolute atomic E-state index is 0.646. The van der Waals surface area contributed by atoms with Crippen LogP contribution in [0.1, 0.15) is 17.7 Å². The molecule has 0 saturated carbocycles. The minimum atomic E-state index is 0.646. The van der Waals surface area contributed by atoms with Gasteiger partial charge in [-0.15, -0.1) is 0 Å². The highest BCUT2D eigenvalue weighted by Gasteiger charge is 2.01. The summed E-state index contributed by atoms with van der Waals surface area (Å²) in [5.41, 5.74) is 8.16. The van der Waals surface area contributed by atoms with Crippen LogP contribution in [-0.4, -0.2) is 14.8 Å². The smallest absolute Gasteiger partial charge is 0.126 e. The molecule has 0 fully saturated rings. The summed E-state index contributed by atoms with van der Waals surface area (Å²) in [6.07, 6.45) is 6.60. The van der Waals surface area contributed by atoms with Gasteiger partial charge in [-0.2, -0.15) is 5.10 Å². The first-order valence-corrected chi connectivity index (χ1v) is 5.43. The van der Waals surface area contributed by atoms with Gasteiger partial charge in [0.1, 0.15) is 5.82 Å².